The van der Waals surface area contributed by atoms with E-state index < -0.39 is 6.04 Å². The smallest absolute Gasteiger partial charge is 0.262 e. The van der Waals surface area contributed by atoms with Gasteiger partial charge < -0.3 is 24.4 Å². The molecule has 0 aliphatic carbocycles. The van der Waals surface area contributed by atoms with Crippen LogP contribution in [-0.4, -0.2) is 57.2 Å². The first-order chi connectivity index (χ1) is 15.4. The van der Waals surface area contributed by atoms with Gasteiger partial charge in [-0.2, -0.15) is 0 Å². The highest BCUT2D eigenvalue weighted by Crippen LogP contribution is 2.40. The van der Waals surface area contributed by atoms with Gasteiger partial charge in [-0.1, -0.05) is 26.0 Å². The number of amides is 2. The lowest BCUT2D eigenvalue weighted by Crippen LogP contribution is -2.52. The summed E-state index contributed by atoms with van der Waals surface area (Å²) < 4.78 is 16.5. The minimum atomic E-state index is -0.579. The van der Waals surface area contributed by atoms with Crippen LogP contribution in [0.25, 0.3) is 5.57 Å². The molecular formula is C24H30N2O5S. The van der Waals surface area contributed by atoms with Gasteiger partial charge in [0.2, 0.25) is 5.91 Å². The third-order valence-corrected chi connectivity index (χ3v) is 6.39. The molecule has 1 aromatic heterocycles. The summed E-state index contributed by atoms with van der Waals surface area (Å²) in [7, 11) is 4.82. The van der Waals surface area contributed by atoms with Gasteiger partial charge in [0.05, 0.1) is 31.8 Å². The Bertz CT molecular complexity index is 959. The summed E-state index contributed by atoms with van der Waals surface area (Å²) in [5, 5.41) is 4.76. The molecule has 1 aliphatic heterocycles. The molecule has 0 saturated heterocycles. The second-order valence-corrected chi connectivity index (χ2v) is 8.79. The van der Waals surface area contributed by atoms with Gasteiger partial charge in [-0.3, -0.25) is 9.59 Å². The highest BCUT2D eigenvalue weighted by Gasteiger charge is 2.31. The zero-order chi connectivity index (χ0) is 23.3. The lowest BCUT2D eigenvalue weighted by atomic mass is 9.96. The monoisotopic (exact) mass is 458 g/mol. The summed E-state index contributed by atoms with van der Waals surface area (Å²) in [6, 6.07) is 6.65. The van der Waals surface area contributed by atoms with Gasteiger partial charge in [0.15, 0.2) is 0 Å². The Hall–Kier alpha value is -3.00. The SMILES string of the molecule is COc1cc(OC)c(C2=CCN(C(=O)C(NC(=O)c3cccs3)C(C)C)CC2)c(OC)c1. The van der Waals surface area contributed by atoms with Crippen LogP contribution in [0.3, 0.4) is 0 Å². The summed E-state index contributed by atoms with van der Waals surface area (Å²) in [6.45, 7) is 4.87. The molecule has 172 valence electrons. The second-order valence-electron chi connectivity index (χ2n) is 7.84. The molecule has 0 fully saturated rings. The van der Waals surface area contributed by atoms with Crippen LogP contribution in [0.5, 0.6) is 17.2 Å². The van der Waals surface area contributed by atoms with Crippen LogP contribution in [0.15, 0.2) is 35.7 Å². The third-order valence-electron chi connectivity index (χ3n) is 5.52. The molecular weight excluding hydrogens is 428 g/mol. The number of nitrogens with one attached hydrogen (secondary N) is 1. The topological polar surface area (TPSA) is 77.1 Å². The lowest BCUT2D eigenvalue weighted by Gasteiger charge is -2.32. The number of hydrogen-bond acceptors (Lipinski definition) is 6. The normalized spacial score (nSPS) is 14.6. The number of carbonyl (C=O) groups is 2. The molecule has 2 aromatic rings. The number of thiophene rings is 1. The average molecular weight is 459 g/mol. The Morgan fingerprint density at radius 2 is 1.78 bits per heavy atom. The van der Waals surface area contributed by atoms with Crippen molar-refractivity contribution >= 4 is 28.7 Å². The Morgan fingerprint density at radius 3 is 2.25 bits per heavy atom. The highest BCUT2D eigenvalue weighted by molar-refractivity contribution is 7.12. The predicted octanol–water partition coefficient (Wildman–Crippen LogP) is 3.84. The number of ether oxygens (including phenoxy) is 3. The van der Waals surface area contributed by atoms with Crippen molar-refractivity contribution in [1.82, 2.24) is 10.2 Å². The summed E-state index contributed by atoms with van der Waals surface area (Å²) in [6.07, 6.45) is 2.67. The van der Waals surface area contributed by atoms with E-state index in [2.05, 4.69) is 5.32 Å². The van der Waals surface area contributed by atoms with Crippen molar-refractivity contribution in [2.24, 2.45) is 5.92 Å². The molecule has 7 nitrogen and oxygen atoms in total. The number of rotatable bonds is 8. The molecule has 1 N–H and O–H groups in total. The van der Waals surface area contributed by atoms with Crippen LogP contribution in [0.4, 0.5) is 0 Å². The maximum absolute atomic E-state index is 13.2. The number of carbonyl (C=O) groups excluding carboxylic acids is 2. The van der Waals surface area contributed by atoms with E-state index in [0.717, 1.165) is 11.1 Å². The number of nitrogens with zero attached hydrogens (tertiary/aromatic N) is 1. The van der Waals surface area contributed by atoms with Crippen molar-refractivity contribution < 1.29 is 23.8 Å². The van der Waals surface area contributed by atoms with Gasteiger partial charge in [0.1, 0.15) is 23.3 Å². The molecule has 1 aliphatic rings. The van der Waals surface area contributed by atoms with Gasteiger partial charge in [-0.25, -0.2) is 0 Å². The predicted molar refractivity (Wildman–Crippen MR) is 126 cm³/mol. The first-order valence-electron chi connectivity index (χ1n) is 10.5. The van der Waals surface area contributed by atoms with Crippen molar-refractivity contribution in [2.45, 2.75) is 26.3 Å². The van der Waals surface area contributed by atoms with Crippen LogP contribution in [0.2, 0.25) is 0 Å². The second kappa shape index (κ2) is 10.5. The summed E-state index contributed by atoms with van der Waals surface area (Å²) in [5.41, 5.74) is 1.92. The van der Waals surface area contributed by atoms with Crippen molar-refractivity contribution in [2.75, 3.05) is 34.4 Å². The number of benzene rings is 1. The fraction of sp³-hybridized carbons (Fsp3) is 0.417. The maximum atomic E-state index is 13.2. The van der Waals surface area contributed by atoms with Crippen LogP contribution >= 0.6 is 11.3 Å². The van der Waals surface area contributed by atoms with Crippen LogP contribution in [0, 0.1) is 5.92 Å². The molecule has 0 spiro atoms. The number of hydrogen-bond donors (Lipinski definition) is 1. The molecule has 0 bridgehead atoms. The minimum absolute atomic E-state index is 0.0291. The van der Waals surface area contributed by atoms with E-state index in [1.807, 2.05) is 43.5 Å². The van der Waals surface area contributed by atoms with Crippen LogP contribution in [0.1, 0.15) is 35.5 Å². The summed E-state index contributed by atoms with van der Waals surface area (Å²) >= 11 is 1.36. The zero-order valence-electron chi connectivity index (χ0n) is 19.1. The van der Waals surface area contributed by atoms with Gasteiger partial charge in [0, 0.05) is 25.2 Å². The average Bonchev–Trinajstić information content (AvgIpc) is 3.36. The highest BCUT2D eigenvalue weighted by atomic mass is 32.1. The fourth-order valence-electron chi connectivity index (χ4n) is 3.75. The van der Waals surface area contributed by atoms with Crippen molar-refractivity contribution in [3.8, 4) is 17.2 Å². The Labute approximate surface area is 193 Å². The Kier molecular flexibility index (Phi) is 7.80. The summed E-state index contributed by atoms with van der Waals surface area (Å²) in [4.78, 5) is 28.1. The van der Waals surface area contributed by atoms with Gasteiger partial charge in [-0.15, -0.1) is 11.3 Å². The quantitative estimate of drug-likeness (QED) is 0.650. The molecule has 1 unspecified atom stereocenters. The fourth-order valence-corrected chi connectivity index (χ4v) is 4.38. The number of methoxy groups -OCH3 is 3. The van der Waals surface area contributed by atoms with Gasteiger partial charge in [-0.05, 0) is 29.4 Å². The molecule has 2 amide bonds. The van der Waals surface area contributed by atoms with Crippen LogP contribution < -0.4 is 19.5 Å². The maximum Gasteiger partial charge on any atom is 0.262 e. The molecule has 8 heteroatoms. The van der Waals surface area contributed by atoms with E-state index in [4.69, 9.17) is 14.2 Å². The molecule has 3 rings (SSSR count). The molecule has 0 saturated carbocycles. The zero-order valence-corrected chi connectivity index (χ0v) is 20.0. The van der Waals surface area contributed by atoms with Crippen LogP contribution in [-0.2, 0) is 4.79 Å². The van der Waals surface area contributed by atoms with E-state index >= 15 is 0 Å². The largest absolute Gasteiger partial charge is 0.496 e. The van der Waals surface area contributed by atoms with Gasteiger partial charge in [0.25, 0.3) is 5.91 Å². The van der Waals surface area contributed by atoms with Crippen molar-refractivity contribution in [1.29, 1.82) is 0 Å². The van der Waals surface area contributed by atoms with Crippen molar-refractivity contribution in [3.05, 3.63) is 46.2 Å². The minimum Gasteiger partial charge on any atom is -0.496 e. The van der Waals surface area contributed by atoms with Crippen molar-refractivity contribution in [3.63, 3.8) is 0 Å². The standard InChI is InChI=1S/C24H30N2O5S/c1-15(2)22(25-23(27)20-7-6-12-32-20)24(28)26-10-8-16(9-11-26)21-18(30-4)13-17(29-3)14-19(21)31-5/h6-8,12-15,22H,9-11H2,1-5H3,(H,25,27). The first kappa shape index (κ1) is 23.7. The van der Waals surface area contributed by atoms with Gasteiger partial charge >= 0.3 is 0 Å². The summed E-state index contributed by atoms with van der Waals surface area (Å²) in [5.74, 6) is 1.66. The van der Waals surface area contributed by atoms with E-state index in [1.54, 1.807) is 32.3 Å². The van der Waals surface area contributed by atoms with E-state index in [1.165, 1.54) is 11.3 Å². The molecule has 1 aromatic carbocycles. The van der Waals surface area contributed by atoms with E-state index in [0.29, 0.717) is 41.6 Å². The Morgan fingerprint density at radius 1 is 1.09 bits per heavy atom. The van der Waals surface area contributed by atoms with E-state index in [-0.39, 0.29) is 17.7 Å². The third kappa shape index (κ3) is 5.07. The molecule has 32 heavy (non-hydrogen) atoms. The lowest BCUT2D eigenvalue weighted by molar-refractivity contribution is -0.133. The first-order valence-corrected chi connectivity index (χ1v) is 11.4. The molecule has 1 atom stereocenters. The molecule has 0 radical (unpaired) electrons. The Balaban J connectivity index is 1.78. The van der Waals surface area contributed by atoms with E-state index in [9.17, 15) is 9.59 Å². The molecule has 2 heterocycles.